The number of halogens is 3. The zero-order valence-corrected chi connectivity index (χ0v) is 13.4. The van der Waals surface area contributed by atoms with Gasteiger partial charge < -0.3 is 15.0 Å². The molecule has 0 aliphatic rings. The molecule has 0 amide bonds. The molecule has 1 aromatic heterocycles. The zero-order chi connectivity index (χ0) is 15.9. The lowest BCUT2D eigenvalue weighted by atomic mass is 10.2. The number of anilines is 1. The van der Waals surface area contributed by atoms with E-state index in [0.29, 0.717) is 24.8 Å². The molecule has 122 valence electrons. The normalized spacial score (nSPS) is 11.9. The van der Waals surface area contributed by atoms with Gasteiger partial charge in [0, 0.05) is 32.1 Å². The molecule has 8 heteroatoms. The van der Waals surface area contributed by atoms with E-state index in [0.717, 1.165) is 28.3 Å². The van der Waals surface area contributed by atoms with Gasteiger partial charge in [-0.15, -0.1) is 11.3 Å². The summed E-state index contributed by atoms with van der Waals surface area (Å²) in [6, 6.07) is 0. The Balaban J connectivity index is 2.73. The predicted octanol–water partition coefficient (Wildman–Crippen LogP) is 2.83. The highest BCUT2D eigenvalue weighted by molar-refractivity contribution is 7.15. The van der Waals surface area contributed by atoms with E-state index in [1.165, 1.54) is 18.4 Å². The van der Waals surface area contributed by atoms with Gasteiger partial charge >= 0.3 is 6.18 Å². The van der Waals surface area contributed by atoms with Gasteiger partial charge in [-0.2, -0.15) is 13.2 Å². The van der Waals surface area contributed by atoms with E-state index >= 15 is 0 Å². The Morgan fingerprint density at radius 2 is 2.10 bits per heavy atom. The van der Waals surface area contributed by atoms with Gasteiger partial charge in [0.1, 0.15) is 6.54 Å². The molecule has 21 heavy (non-hydrogen) atoms. The minimum atomic E-state index is -4.22. The van der Waals surface area contributed by atoms with E-state index in [4.69, 9.17) is 4.74 Å². The SMILES string of the molecule is CCCc1nc(N(C)CC(F)(F)F)sc1CNCCOC. The Hall–Kier alpha value is -0.860. The average Bonchev–Trinajstić information content (AvgIpc) is 2.77. The maximum absolute atomic E-state index is 12.4. The fourth-order valence-electron chi connectivity index (χ4n) is 1.82. The fourth-order valence-corrected chi connectivity index (χ4v) is 2.85. The summed E-state index contributed by atoms with van der Waals surface area (Å²) in [5, 5.41) is 3.62. The third-order valence-electron chi connectivity index (χ3n) is 2.77. The van der Waals surface area contributed by atoms with Crippen LogP contribution in [0.3, 0.4) is 0 Å². The standard InChI is InChI=1S/C13H22F3N3OS/c1-4-5-10-11(8-17-6-7-20-3)21-12(18-10)19(2)9-13(14,15)16/h17H,4-9H2,1-3H3. The van der Waals surface area contributed by atoms with Crippen LogP contribution in [-0.4, -0.2) is 45.0 Å². The van der Waals surface area contributed by atoms with Crippen LogP contribution in [-0.2, 0) is 17.7 Å². The quantitative estimate of drug-likeness (QED) is 0.709. The molecule has 0 aromatic carbocycles. The first kappa shape index (κ1) is 18.2. The molecule has 0 aliphatic carbocycles. The molecule has 1 N–H and O–H groups in total. The van der Waals surface area contributed by atoms with Gasteiger partial charge in [-0.3, -0.25) is 0 Å². The third kappa shape index (κ3) is 6.62. The fraction of sp³-hybridized carbons (Fsp3) is 0.769. The molecular formula is C13H22F3N3OS. The number of nitrogens with one attached hydrogen (secondary N) is 1. The molecule has 0 spiro atoms. The monoisotopic (exact) mass is 325 g/mol. The third-order valence-corrected chi connectivity index (χ3v) is 3.98. The first-order valence-corrected chi connectivity index (χ1v) is 7.65. The number of hydrogen-bond acceptors (Lipinski definition) is 5. The molecule has 0 saturated heterocycles. The summed E-state index contributed by atoms with van der Waals surface area (Å²) in [5.41, 5.74) is 0.886. The van der Waals surface area contributed by atoms with Crippen molar-refractivity contribution in [3.8, 4) is 0 Å². The summed E-state index contributed by atoms with van der Waals surface area (Å²) in [7, 11) is 3.05. The molecule has 0 fully saturated rings. The van der Waals surface area contributed by atoms with Crippen molar-refractivity contribution in [1.29, 1.82) is 0 Å². The molecule has 0 aliphatic heterocycles. The Labute approximate surface area is 127 Å². The highest BCUT2D eigenvalue weighted by atomic mass is 32.1. The molecule has 0 unspecified atom stereocenters. The second kappa shape index (κ2) is 8.55. The number of ether oxygens (including phenoxy) is 1. The Morgan fingerprint density at radius 3 is 2.67 bits per heavy atom. The van der Waals surface area contributed by atoms with Crippen molar-refractivity contribution in [3.05, 3.63) is 10.6 Å². The lowest BCUT2D eigenvalue weighted by molar-refractivity contribution is -0.119. The summed E-state index contributed by atoms with van der Waals surface area (Å²) >= 11 is 1.32. The molecule has 4 nitrogen and oxygen atoms in total. The summed E-state index contributed by atoms with van der Waals surface area (Å²) in [6.07, 6.45) is -2.53. The van der Waals surface area contributed by atoms with Crippen molar-refractivity contribution < 1.29 is 17.9 Å². The van der Waals surface area contributed by atoms with Crippen molar-refractivity contribution in [3.63, 3.8) is 0 Å². The topological polar surface area (TPSA) is 37.4 Å². The molecule has 0 bridgehead atoms. The molecule has 0 radical (unpaired) electrons. The van der Waals surface area contributed by atoms with Gasteiger partial charge in [-0.05, 0) is 6.42 Å². The molecule has 1 heterocycles. The van der Waals surface area contributed by atoms with Crippen molar-refractivity contribution in [2.45, 2.75) is 32.5 Å². The average molecular weight is 325 g/mol. The smallest absolute Gasteiger partial charge is 0.383 e. The van der Waals surface area contributed by atoms with Gasteiger partial charge in [-0.1, -0.05) is 13.3 Å². The van der Waals surface area contributed by atoms with Crippen LogP contribution in [0.1, 0.15) is 23.9 Å². The lowest BCUT2D eigenvalue weighted by Crippen LogP contribution is -2.30. The molecule has 0 atom stereocenters. The minimum absolute atomic E-state index is 0.416. The lowest BCUT2D eigenvalue weighted by Gasteiger charge is -2.17. The van der Waals surface area contributed by atoms with Crippen molar-refractivity contribution >= 4 is 16.5 Å². The van der Waals surface area contributed by atoms with Gasteiger partial charge in [0.05, 0.1) is 12.3 Å². The van der Waals surface area contributed by atoms with Crippen molar-refractivity contribution in [2.24, 2.45) is 0 Å². The molecule has 1 rings (SSSR count). The second-order valence-corrected chi connectivity index (χ2v) is 5.82. The van der Waals surface area contributed by atoms with Gasteiger partial charge in [-0.25, -0.2) is 4.98 Å². The van der Waals surface area contributed by atoms with E-state index < -0.39 is 12.7 Å². The van der Waals surface area contributed by atoms with Gasteiger partial charge in [0.2, 0.25) is 0 Å². The molecule has 1 aromatic rings. The number of nitrogens with zero attached hydrogens (tertiary/aromatic N) is 2. The number of hydrogen-bond donors (Lipinski definition) is 1. The summed E-state index contributed by atoms with van der Waals surface area (Å²) in [6.45, 7) is 2.95. The number of aryl methyl sites for hydroxylation is 1. The highest BCUT2D eigenvalue weighted by Crippen LogP contribution is 2.28. The number of rotatable bonds is 9. The van der Waals surface area contributed by atoms with Crippen LogP contribution in [0.2, 0.25) is 0 Å². The van der Waals surface area contributed by atoms with Crippen LogP contribution in [0.15, 0.2) is 0 Å². The largest absolute Gasteiger partial charge is 0.405 e. The Bertz CT molecular complexity index is 423. The van der Waals surface area contributed by atoms with Crippen molar-refractivity contribution in [1.82, 2.24) is 10.3 Å². The number of aromatic nitrogens is 1. The highest BCUT2D eigenvalue weighted by Gasteiger charge is 2.30. The van der Waals surface area contributed by atoms with Crippen LogP contribution in [0.25, 0.3) is 0 Å². The number of alkyl halides is 3. The molecular weight excluding hydrogens is 303 g/mol. The van der Waals surface area contributed by atoms with Crippen LogP contribution in [0, 0.1) is 0 Å². The van der Waals surface area contributed by atoms with Crippen molar-refractivity contribution in [2.75, 3.05) is 38.8 Å². The van der Waals surface area contributed by atoms with Crippen LogP contribution >= 0.6 is 11.3 Å². The summed E-state index contributed by atoms with van der Waals surface area (Å²) in [5.74, 6) is 0. The minimum Gasteiger partial charge on any atom is -0.383 e. The van der Waals surface area contributed by atoms with Gasteiger partial charge in [0.15, 0.2) is 5.13 Å². The predicted molar refractivity (Wildman–Crippen MR) is 79.0 cm³/mol. The Morgan fingerprint density at radius 1 is 1.38 bits per heavy atom. The van der Waals surface area contributed by atoms with Crippen LogP contribution < -0.4 is 10.2 Å². The summed E-state index contributed by atoms with van der Waals surface area (Å²) in [4.78, 5) is 6.51. The van der Waals surface area contributed by atoms with E-state index in [2.05, 4.69) is 10.3 Å². The van der Waals surface area contributed by atoms with E-state index in [1.807, 2.05) is 6.92 Å². The number of thiazole rings is 1. The Kier molecular flexibility index (Phi) is 7.41. The summed E-state index contributed by atoms with van der Waals surface area (Å²) < 4.78 is 42.3. The van der Waals surface area contributed by atoms with Gasteiger partial charge in [0.25, 0.3) is 0 Å². The molecule has 0 saturated carbocycles. The van der Waals surface area contributed by atoms with E-state index in [9.17, 15) is 13.2 Å². The first-order valence-electron chi connectivity index (χ1n) is 6.83. The van der Waals surface area contributed by atoms with Crippen LogP contribution in [0.5, 0.6) is 0 Å². The van der Waals surface area contributed by atoms with E-state index in [1.54, 1.807) is 7.11 Å². The van der Waals surface area contributed by atoms with Crippen LogP contribution in [0.4, 0.5) is 18.3 Å². The second-order valence-electron chi connectivity index (χ2n) is 4.76. The zero-order valence-electron chi connectivity index (χ0n) is 12.6. The first-order chi connectivity index (χ1) is 9.87. The van der Waals surface area contributed by atoms with E-state index in [-0.39, 0.29) is 0 Å². The maximum atomic E-state index is 12.4. The maximum Gasteiger partial charge on any atom is 0.405 e. The number of methoxy groups -OCH3 is 1.